The van der Waals surface area contributed by atoms with Crippen LogP contribution in [0.1, 0.15) is 65.3 Å². The van der Waals surface area contributed by atoms with Crippen molar-refractivity contribution in [2.75, 3.05) is 36.4 Å². The van der Waals surface area contributed by atoms with Crippen LogP contribution in [-0.4, -0.2) is 104 Å². The van der Waals surface area contributed by atoms with E-state index in [9.17, 15) is 19.8 Å². The van der Waals surface area contributed by atoms with E-state index < -0.39 is 24.3 Å². The number of aliphatic hydroxyl groups is 2. The lowest BCUT2D eigenvalue weighted by molar-refractivity contribution is -0.122. The number of hydrogen-bond acceptors (Lipinski definition) is 10. The van der Waals surface area contributed by atoms with Crippen molar-refractivity contribution in [2.45, 2.75) is 102 Å². The molecule has 226 valence electrons. The summed E-state index contributed by atoms with van der Waals surface area (Å²) in [4.78, 5) is 41.0. The average molecular weight is 573 g/mol. The van der Waals surface area contributed by atoms with Gasteiger partial charge < -0.3 is 46.3 Å². The Labute approximate surface area is 240 Å². The van der Waals surface area contributed by atoms with Crippen LogP contribution < -0.4 is 31.5 Å². The molecule has 0 aromatic carbocycles. The molecule has 0 radical (unpaired) electrons. The van der Waals surface area contributed by atoms with Crippen molar-refractivity contribution in [1.29, 1.82) is 0 Å². The van der Waals surface area contributed by atoms with Crippen molar-refractivity contribution in [2.24, 2.45) is 0 Å². The van der Waals surface area contributed by atoms with Gasteiger partial charge in [0.1, 0.15) is 12.2 Å². The highest BCUT2D eigenvalue weighted by Crippen LogP contribution is 2.35. The maximum absolute atomic E-state index is 12.5. The molecule has 0 bridgehead atoms. The zero-order chi connectivity index (χ0) is 29.1. The van der Waals surface area contributed by atoms with Crippen LogP contribution in [0.2, 0.25) is 0 Å². The van der Waals surface area contributed by atoms with Crippen molar-refractivity contribution >= 4 is 34.9 Å². The molecule has 4 heterocycles. The number of carbonyl (C=O) groups is 2. The van der Waals surface area contributed by atoms with Crippen molar-refractivity contribution in [1.82, 2.24) is 40.8 Å². The Balaban J connectivity index is 1.39. The Morgan fingerprint density at radius 2 is 1.85 bits per heavy atom. The van der Waals surface area contributed by atoms with E-state index in [-0.39, 0.29) is 30.1 Å². The number of imidazole rings is 1. The number of urea groups is 1. The summed E-state index contributed by atoms with van der Waals surface area (Å²) in [5.74, 6) is 0.954. The summed E-state index contributed by atoms with van der Waals surface area (Å²) in [6, 6.07) is -0.951. The Morgan fingerprint density at radius 1 is 1.07 bits per heavy atom. The second-order valence-electron chi connectivity index (χ2n) is 11.4. The smallest absolute Gasteiger partial charge is 0.315 e. The molecule has 0 spiro atoms. The zero-order valence-electron chi connectivity index (χ0n) is 24.1. The fraction of sp³-hybridized carbons (Fsp3) is 0.741. The number of rotatable bonds is 10. The molecule has 14 nitrogen and oxygen atoms in total. The number of nitrogens with zero attached hydrogens (tertiary/aromatic N) is 5. The van der Waals surface area contributed by atoms with Gasteiger partial charge in [-0.3, -0.25) is 4.79 Å². The first-order valence-electron chi connectivity index (χ1n) is 15.0. The fourth-order valence-corrected chi connectivity index (χ4v) is 6.06. The van der Waals surface area contributed by atoms with Crippen LogP contribution in [0.15, 0.2) is 6.33 Å². The Bertz CT molecular complexity index is 1210. The Kier molecular flexibility index (Phi) is 9.09. The van der Waals surface area contributed by atoms with E-state index in [1.54, 1.807) is 17.8 Å². The molecular weight excluding hydrogens is 528 g/mol. The van der Waals surface area contributed by atoms with Gasteiger partial charge in [-0.25, -0.2) is 9.78 Å². The molecule has 1 unspecified atom stereocenters. The minimum absolute atomic E-state index is 0.0428. The largest absolute Gasteiger partial charge is 0.388 e. The molecule has 2 aliphatic heterocycles. The molecule has 2 aromatic rings. The molecule has 1 saturated carbocycles. The molecule has 3 amide bonds. The van der Waals surface area contributed by atoms with E-state index in [1.165, 1.54) is 0 Å². The molecule has 1 aliphatic carbocycles. The number of hydrogen-bond donors (Lipinski definition) is 7. The van der Waals surface area contributed by atoms with Gasteiger partial charge in [0.05, 0.1) is 18.4 Å². The van der Waals surface area contributed by atoms with Gasteiger partial charge in [0.25, 0.3) is 0 Å². The number of amides is 3. The highest BCUT2D eigenvalue weighted by atomic mass is 16.3. The van der Waals surface area contributed by atoms with Gasteiger partial charge in [-0.1, -0.05) is 20.8 Å². The molecule has 3 aliphatic rings. The summed E-state index contributed by atoms with van der Waals surface area (Å²) in [6.07, 6.45) is 3.57. The number of aromatic nitrogens is 4. The van der Waals surface area contributed by atoms with Gasteiger partial charge >= 0.3 is 6.03 Å². The van der Waals surface area contributed by atoms with E-state index in [4.69, 9.17) is 9.97 Å². The quantitative estimate of drug-likeness (QED) is 0.208. The van der Waals surface area contributed by atoms with E-state index in [2.05, 4.69) is 50.3 Å². The summed E-state index contributed by atoms with van der Waals surface area (Å²) in [5, 5.41) is 37.4. The number of anilines is 2. The fourth-order valence-electron chi connectivity index (χ4n) is 6.06. The normalized spacial score (nSPS) is 28.0. The lowest BCUT2D eigenvalue weighted by atomic mass is 10.2. The van der Waals surface area contributed by atoms with Gasteiger partial charge in [-0.15, -0.1) is 0 Å². The first-order valence-corrected chi connectivity index (χ1v) is 15.0. The van der Waals surface area contributed by atoms with Crippen LogP contribution >= 0.6 is 0 Å². The van der Waals surface area contributed by atoms with Crippen molar-refractivity contribution in [3.63, 3.8) is 0 Å². The van der Waals surface area contributed by atoms with Crippen LogP contribution in [0.5, 0.6) is 0 Å². The number of aliphatic hydroxyl groups excluding tert-OH is 2. The molecule has 2 aromatic heterocycles. The van der Waals surface area contributed by atoms with Gasteiger partial charge in [0.2, 0.25) is 11.9 Å². The van der Waals surface area contributed by atoms with E-state index in [0.29, 0.717) is 48.9 Å². The molecule has 14 heteroatoms. The first kappa shape index (κ1) is 29.3. The molecule has 5 rings (SSSR count). The maximum atomic E-state index is 12.5. The summed E-state index contributed by atoms with van der Waals surface area (Å²) in [7, 11) is 0. The molecular formula is C27H44N10O4. The SMILES string of the molecule is CCC(=O)N[C@H]1CC(n2cnc3c(NC(CC)CC)nc(N4CC[C@@H](NC(=O)N[C@H]5CCNC5)C4)nc32)[C@H](O)[C@@H]1O. The summed E-state index contributed by atoms with van der Waals surface area (Å²) >= 11 is 0. The predicted molar refractivity (Wildman–Crippen MR) is 155 cm³/mol. The summed E-state index contributed by atoms with van der Waals surface area (Å²) < 4.78 is 1.79. The zero-order valence-corrected chi connectivity index (χ0v) is 24.1. The minimum Gasteiger partial charge on any atom is -0.388 e. The van der Waals surface area contributed by atoms with E-state index >= 15 is 0 Å². The minimum atomic E-state index is -1.10. The van der Waals surface area contributed by atoms with Gasteiger partial charge in [0.15, 0.2) is 17.0 Å². The predicted octanol–water partition coefficient (Wildman–Crippen LogP) is 0.228. The first-order chi connectivity index (χ1) is 19.8. The Morgan fingerprint density at radius 3 is 2.56 bits per heavy atom. The van der Waals surface area contributed by atoms with Gasteiger partial charge in [-0.2, -0.15) is 9.97 Å². The maximum Gasteiger partial charge on any atom is 0.315 e. The second-order valence-corrected chi connectivity index (χ2v) is 11.4. The lowest BCUT2D eigenvalue weighted by Gasteiger charge is -2.22. The van der Waals surface area contributed by atoms with Crippen LogP contribution in [-0.2, 0) is 4.79 Å². The number of carbonyl (C=O) groups excluding carboxylic acids is 2. The van der Waals surface area contributed by atoms with Crippen LogP contribution in [0.4, 0.5) is 16.6 Å². The third-order valence-corrected chi connectivity index (χ3v) is 8.61. The van der Waals surface area contributed by atoms with Crippen molar-refractivity contribution in [3.05, 3.63) is 6.33 Å². The number of fused-ring (bicyclic) bond motifs is 1. The molecule has 3 fully saturated rings. The third-order valence-electron chi connectivity index (χ3n) is 8.61. The average Bonchev–Trinajstić information content (AvgIpc) is 3.77. The van der Waals surface area contributed by atoms with Crippen molar-refractivity contribution in [3.8, 4) is 0 Å². The van der Waals surface area contributed by atoms with Crippen LogP contribution in [0.25, 0.3) is 11.2 Å². The van der Waals surface area contributed by atoms with Crippen LogP contribution in [0, 0.1) is 0 Å². The highest BCUT2D eigenvalue weighted by molar-refractivity contribution is 5.85. The van der Waals surface area contributed by atoms with Crippen LogP contribution in [0.3, 0.4) is 0 Å². The standard InChI is InChI=1S/C27H44N10O4/c1-4-15(5-2)30-24-21-25(37(14-29-21)19-11-18(22(39)23(19)40)33-20(38)6-3)35-26(34-24)36-10-8-17(13-36)32-27(41)31-16-7-9-28-12-16/h14-19,22-23,28,39-40H,4-13H2,1-3H3,(H,33,38)(H,30,34,35)(H2,31,32,41)/t16-,17+,18-,19?,22+,23-/m0/s1. The molecule has 6 atom stereocenters. The topological polar surface area (TPSA) is 182 Å². The molecule has 41 heavy (non-hydrogen) atoms. The van der Waals surface area contributed by atoms with Gasteiger partial charge in [0, 0.05) is 44.2 Å². The van der Waals surface area contributed by atoms with E-state index in [1.807, 2.05) is 0 Å². The second kappa shape index (κ2) is 12.7. The summed E-state index contributed by atoms with van der Waals surface area (Å²) in [5.41, 5.74) is 1.13. The van der Waals surface area contributed by atoms with Crippen molar-refractivity contribution < 1.29 is 19.8 Å². The van der Waals surface area contributed by atoms with E-state index in [0.717, 1.165) is 38.8 Å². The molecule has 7 N–H and O–H groups in total. The molecule has 2 saturated heterocycles. The number of nitrogens with one attached hydrogen (secondary N) is 5. The third kappa shape index (κ3) is 6.33. The lowest BCUT2D eigenvalue weighted by Crippen LogP contribution is -2.47. The Hall–Kier alpha value is -3.23. The highest BCUT2D eigenvalue weighted by Gasteiger charge is 2.44. The summed E-state index contributed by atoms with van der Waals surface area (Å²) in [6.45, 7) is 8.92. The monoisotopic (exact) mass is 572 g/mol. The van der Waals surface area contributed by atoms with Gasteiger partial charge in [-0.05, 0) is 38.6 Å².